The number of carbonyl (C=O) groups excluding carboxylic acids is 2. The lowest BCUT2D eigenvalue weighted by atomic mass is 10.0. The van der Waals surface area contributed by atoms with Crippen molar-refractivity contribution in [2.45, 2.75) is 52.1 Å². The molecular formula is C23H37N5O2. The summed E-state index contributed by atoms with van der Waals surface area (Å²) in [5, 5.41) is 6.05. The van der Waals surface area contributed by atoms with E-state index in [0.29, 0.717) is 0 Å². The van der Waals surface area contributed by atoms with Gasteiger partial charge in [-0.05, 0) is 52.3 Å². The number of hydrogen-bond acceptors (Lipinski definition) is 4. The third-order valence-corrected chi connectivity index (χ3v) is 5.90. The van der Waals surface area contributed by atoms with Crippen molar-refractivity contribution in [3.8, 4) is 0 Å². The minimum Gasteiger partial charge on any atom is -0.371 e. The highest BCUT2D eigenvalue weighted by molar-refractivity contribution is 6.00. The molecule has 0 radical (unpaired) electrons. The van der Waals surface area contributed by atoms with Gasteiger partial charge in [0, 0.05) is 56.5 Å². The van der Waals surface area contributed by atoms with E-state index in [2.05, 4.69) is 33.4 Å². The number of benzene rings is 1. The number of amides is 3. The first-order valence-corrected chi connectivity index (χ1v) is 11.2. The molecule has 0 aromatic heterocycles. The molecule has 2 heterocycles. The molecule has 2 aliphatic rings. The van der Waals surface area contributed by atoms with Crippen LogP contribution in [-0.4, -0.2) is 79.1 Å². The van der Waals surface area contributed by atoms with E-state index in [4.69, 9.17) is 0 Å². The number of anilines is 1. The average Bonchev–Trinajstić information content (AvgIpc) is 2.72. The maximum Gasteiger partial charge on any atom is 0.315 e. The van der Waals surface area contributed by atoms with E-state index in [9.17, 15) is 9.59 Å². The second-order valence-corrected chi connectivity index (χ2v) is 9.35. The number of para-hydroxylation sites is 1. The van der Waals surface area contributed by atoms with Gasteiger partial charge in [-0.25, -0.2) is 4.79 Å². The largest absolute Gasteiger partial charge is 0.371 e. The predicted octanol–water partition coefficient (Wildman–Crippen LogP) is 2.53. The van der Waals surface area contributed by atoms with Crippen molar-refractivity contribution < 1.29 is 9.59 Å². The molecule has 2 N–H and O–H groups in total. The lowest BCUT2D eigenvalue weighted by Gasteiger charge is -2.37. The molecule has 0 aliphatic carbocycles. The Balaban J connectivity index is 1.59. The summed E-state index contributed by atoms with van der Waals surface area (Å²) in [5.41, 5.74) is 1.56. The zero-order valence-electron chi connectivity index (χ0n) is 18.9. The summed E-state index contributed by atoms with van der Waals surface area (Å²) in [6.45, 7) is 14.2. The van der Waals surface area contributed by atoms with Crippen LogP contribution in [0.15, 0.2) is 24.3 Å². The number of likely N-dealkylation sites (N-methyl/N-ethyl adjacent to an activating group) is 1. The number of carbonyl (C=O) groups is 2. The molecule has 0 spiro atoms. The van der Waals surface area contributed by atoms with Crippen molar-refractivity contribution in [2.24, 2.45) is 0 Å². The van der Waals surface area contributed by atoms with E-state index in [0.717, 1.165) is 69.9 Å². The number of nitrogens with one attached hydrogen (secondary N) is 2. The summed E-state index contributed by atoms with van der Waals surface area (Å²) in [4.78, 5) is 32.0. The Morgan fingerprint density at radius 3 is 2.23 bits per heavy atom. The van der Waals surface area contributed by atoms with Gasteiger partial charge in [-0.15, -0.1) is 0 Å². The highest BCUT2D eigenvalue weighted by Crippen LogP contribution is 2.26. The van der Waals surface area contributed by atoms with Crippen LogP contribution in [0.2, 0.25) is 0 Å². The molecule has 0 unspecified atom stereocenters. The molecule has 7 heteroatoms. The van der Waals surface area contributed by atoms with Crippen LogP contribution in [0.5, 0.6) is 0 Å². The fraction of sp³-hybridized carbons (Fsp3) is 0.652. The number of nitrogens with zero attached hydrogens (tertiary/aromatic N) is 3. The molecule has 166 valence electrons. The average molecular weight is 416 g/mol. The Morgan fingerprint density at radius 2 is 1.63 bits per heavy atom. The third-order valence-electron chi connectivity index (χ3n) is 5.90. The van der Waals surface area contributed by atoms with Gasteiger partial charge in [-0.3, -0.25) is 4.79 Å². The van der Waals surface area contributed by atoms with Crippen LogP contribution >= 0.6 is 0 Å². The first kappa shape index (κ1) is 22.4. The lowest BCUT2D eigenvalue weighted by molar-refractivity contribution is 0.0644. The number of urea groups is 1. The molecule has 0 saturated carbocycles. The minimum atomic E-state index is -0.243. The Morgan fingerprint density at radius 1 is 1.00 bits per heavy atom. The van der Waals surface area contributed by atoms with Crippen molar-refractivity contribution >= 4 is 17.6 Å². The highest BCUT2D eigenvalue weighted by atomic mass is 16.2. The van der Waals surface area contributed by atoms with Gasteiger partial charge in [0.1, 0.15) is 0 Å². The van der Waals surface area contributed by atoms with Crippen LogP contribution in [0.4, 0.5) is 10.5 Å². The van der Waals surface area contributed by atoms with Crippen molar-refractivity contribution in [3.05, 3.63) is 29.8 Å². The van der Waals surface area contributed by atoms with Gasteiger partial charge in [-0.2, -0.15) is 0 Å². The van der Waals surface area contributed by atoms with Crippen molar-refractivity contribution in [1.82, 2.24) is 20.4 Å². The standard InChI is InChI=1S/C23H37N5O2/c1-5-26-14-16-28(17-15-26)21(29)19-8-6-7-9-20(19)27-12-10-18(11-13-27)24-22(30)25-23(2,3)4/h6-9,18H,5,10-17H2,1-4H3,(H2,24,25,30). The van der Waals surface area contributed by atoms with E-state index in [-0.39, 0.29) is 23.5 Å². The van der Waals surface area contributed by atoms with Crippen molar-refractivity contribution in [3.63, 3.8) is 0 Å². The summed E-state index contributed by atoms with van der Waals surface area (Å²) in [5.74, 6) is 0.131. The molecule has 0 atom stereocenters. The monoisotopic (exact) mass is 415 g/mol. The van der Waals surface area contributed by atoms with Crippen molar-refractivity contribution in [1.29, 1.82) is 0 Å². The second kappa shape index (κ2) is 9.69. The molecule has 2 saturated heterocycles. The lowest BCUT2D eigenvalue weighted by Crippen LogP contribution is -2.52. The molecule has 0 bridgehead atoms. The molecule has 2 aliphatic heterocycles. The van der Waals surface area contributed by atoms with Crippen LogP contribution < -0.4 is 15.5 Å². The summed E-state index contributed by atoms with van der Waals surface area (Å²) in [6.07, 6.45) is 1.74. The highest BCUT2D eigenvalue weighted by Gasteiger charge is 2.27. The maximum absolute atomic E-state index is 13.2. The van der Waals surface area contributed by atoms with Gasteiger partial charge in [0.25, 0.3) is 5.91 Å². The first-order valence-electron chi connectivity index (χ1n) is 11.2. The zero-order valence-corrected chi connectivity index (χ0v) is 18.9. The van der Waals surface area contributed by atoms with Gasteiger partial charge < -0.3 is 25.3 Å². The van der Waals surface area contributed by atoms with E-state index in [1.165, 1.54) is 0 Å². The van der Waals surface area contributed by atoms with Gasteiger partial charge in [-0.1, -0.05) is 19.1 Å². The summed E-state index contributed by atoms with van der Waals surface area (Å²) >= 11 is 0. The number of hydrogen-bond donors (Lipinski definition) is 2. The Bertz CT molecular complexity index is 729. The van der Waals surface area contributed by atoms with E-state index >= 15 is 0 Å². The van der Waals surface area contributed by atoms with E-state index < -0.39 is 0 Å². The summed E-state index contributed by atoms with van der Waals surface area (Å²) in [6, 6.07) is 8.00. The van der Waals surface area contributed by atoms with Crippen LogP contribution in [0.1, 0.15) is 50.9 Å². The van der Waals surface area contributed by atoms with Crippen LogP contribution in [0, 0.1) is 0 Å². The molecule has 1 aromatic rings. The molecule has 7 nitrogen and oxygen atoms in total. The molecule has 30 heavy (non-hydrogen) atoms. The van der Waals surface area contributed by atoms with Crippen LogP contribution in [0.25, 0.3) is 0 Å². The predicted molar refractivity (Wildman–Crippen MR) is 121 cm³/mol. The normalized spacial score (nSPS) is 18.9. The maximum atomic E-state index is 13.2. The molecule has 3 amide bonds. The van der Waals surface area contributed by atoms with Gasteiger partial charge >= 0.3 is 6.03 Å². The number of piperidine rings is 1. The van der Waals surface area contributed by atoms with Gasteiger partial charge in [0.05, 0.1) is 5.56 Å². The Kier molecular flexibility index (Phi) is 7.23. The zero-order chi connectivity index (χ0) is 21.7. The van der Waals surface area contributed by atoms with Crippen LogP contribution in [-0.2, 0) is 0 Å². The number of rotatable bonds is 4. The Hall–Kier alpha value is -2.28. The SMILES string of the molecule is CCN1CCN(C(=O)c2ccccc2N2CCC(NC(=O)NC(C)(C)C)CC2)CC1. The first-order chi connectivity index (χ1) is 14.3. The second-order valence-electron chi connectivity index (χ2n) is 9.35. The summed E-state index contributed by atoms with van der Waals surface area (Å²) < 4.78 is 0. The number of piperazine rings is 1. The van der Waals surface area contributed by atoms with Crippen LogP contribution in [0.3, 0.4) is 0 Å². The van der Waals surface area contributed by atoms with E-state index in [1.807, 2.05) is 43.9 Å². The fourth-order valence-electron chi connectivity index (χ4n) is 4.19. The van der Waals surface area contributed by atoms with Crippen molar-refractivity contribution in [2.75, 3.05) is 50.7 Å². The fourth-order valence-corrected chi connectivity index (χ4v) is 4.19. The molecule has 3 rings (SSSR count). The molecule has 2 fully saturated rings. The summed E-state index contributed by atoms with van der Waals surface area (Å²) in [7, 11) is 0. The smallest absolute Gasteiger partial charge is 0.315 e. The molecular weight excluding hydrogens is 378 g/mol. The Labute approximate surface area is 180 Å². The quantitative estimate of drug-likeness (QED) is 0.793. The van der Waals surface area contributed by atoms with Gasteiger partial charge in [0.15, 0.2) is 0 Å². The van der Waals surface area contributed by atoms with Gasteiger partial charge in [0.2, 0.25) is 0 Å². The molecule has 1 aromatic carbocycles. The topological polar surface area (TPSA) is 67.9 Å². The minimum absolute atomic E-state index is 0.109. The van der Waals surface area contributed by atoms with E-state index in [1.54, 1.807) is 0 Å². The third kappa shape index (κ3) is 5.88.